The lowest BCUT2D eigenvalue weighted by Gasteiger charge is -2.31. The van der Waals surface area contributed by atoms with E-state index in [0.717, 1.165) is 22.4 Å². The van der Waals surface area contributed by atoms with E-state index in [1.54, 1.807) is 0 Å². The van der Waals surface area contributed by atoms with E-state index in [1.165, 1.54) is 0 Å². The Morgan fingerprint density at radius 1 is 0.800 bits per heavy atom. The standard InChI is InChI=1S/C26H26N2O2/c1-19-7-13-24(14-8-19)27-25(29)22-15-17-28(18-16-22)26(30)23-11-9-21(10-12-23)20-5-3-2-4-6-20/h2-14,22H,15-18H2,1H3,(H,27,29). The van der Waals surface area contributed by atoms with Gasteiger partial charge < -0.3 is 10.2 Å². The van der Waals surface area contributed by atoms with Gasteiger partial charge in [0, 0.05) is 30.3 Å². The molecule has 0 bridgehead atoms. The number of nitrogens with zero attached hydrogens (tertiary/aromatic N) is 1. The molecule has 0 saturated carbocycles. The summed E-state index contributed by atoms with van der Waals surface area (Å²) in [6, 6.07) is 25.7. The van der Waals surface area contributed by atoms with Crippen LogP contribution >= 0.6 is 0 Å². The van der Waals surface area contributed by atoms with Crippen molar-refractivity contribution >= 4 is 17.5 Å². The van der Waals surface area contributed by atoms with Gasteiger partial charge in [0.25, 0.3) is 5.91 Å². The molecule has 1 aliphatic heterocycles. The van der Waals surface area contributed by atoms with Crippen LogP contribution in [0, 0.1) is 12.8 Å². The lowest BCUT2D eigenvalue weighted by atomic mass is 9.95. The summed E-state index contributed by atoms with van der Waals surface area (Å²) in [5, 5.41) is 2.99. The van der Waals surface area contributed by atoms with Crippen molar-refractivity contribution in [1.82, 2.24) is 4.90 Å². The molecule has 0 atom stereocenters. The zero-order valence-corrected chi connectivity index (χ0v) is 17.2. The van der Waals surface area contributed by atoms with E-state index in [-0.39, 0.29) is 17.7 Å². The number of carbonyl (C=O) groups excluding carboxylic acids is 2. The van der Waals surface area contributed by atoms with Crippen molar-refractivity contribution < 1.29 is 9.59 Å². The molecule has 0 radical (unpaired) electrons. The first kappa shape index (κ1) is 19.9. The second-order valence-corrected chi connectivity index (χ2v) is 7.87. The number of benzene rings is 3. The van der Waals surface area contributed by atoms with E-state index in [4.69, 9.17) is 0 Å². The maximum absolute atomic E-state index is 12.9. The number of carbonyl (C=O) groups is 2. The Bertz CT molecular complexity index is 1000. The lowest BCUT2D eigenvalue weighted by Crippen LogP contribution is -2.41. The van der Waals surface area contributed by atoms with Crippen LogP contribution < -0.4 is 5.32 Å². The van der Waals surface area contributed by atoms with Crippen LogP contribution in [0.25, 0.3) is 11.1 Å². The fourth-order valence-corrected chi connectivity index (χ4v) is 3.84. The molecule has 0 unspecified atom stereocenters. The van der Waals surface area contributed by atoms with Gasteiger partial charge in [-0.2, -0.15) is 0 Å². The van der Waals surface area contributed by atoms with Crippen LogP contribution in [0.4, 0.5) is 5.69 Å². The van der Waals surface area contributed by atoms with Gasteiger partial charge in [-0.15, -0.1) is 0 Å². The van der Waals surface area contributed by atoms with Crippen LogP contribution in [0.1, 0.15) is 28.8 Å². The van der Waals surface area contributed by atoms with Crippen molar-refractivity contribution in [3.8, 4) is 11.1 Å². The molecule has 4 heteroatoms. The maximum Gasteiger partial charge on any atom is 0.253 e. The molecule has 1 saturated heterocycles. The van der Waals surface area contributed by atoms with E-state index in [9.17, 15) is 9.59 Å². The number of anilines is 1. The van der Waals surface area contributed by atoms with Crippen molar-refractivity contribution in [2.45, 2.75) is 19.8 Å². The number of rotatable bonds is 4. The summed E-state index contributed by atoms with van der Waals surface area (Å²) in [5.74, 6) is 0.0148. The van der Waals surface area contributed by atoms with E-state index in [0.29, 0.717) is 31.5 Å². The van der Waals surface area contributed by atoms with Crippen LogP contribution in [0.15, 0.2) is 78.9 Å². The molecule has 0 aliphatic carbocycles. The Morgan fingerprint density at radius 2 is 1.40 bits per heavy atom. The maximum atomic E-state index is 12.9. The van der Waals surface area contributed by atoms with E-state index in [2.05, 4.69) is 17.4 Å². The predicted octanol–water partition coefficient (Wildman–Crippen LogP) is 5.15. The van der Waals surface area contributed by atoms with Gasteiger partial charge in [0.15, 0.2) is 0 Å². The van der Waals surface area contributed by atoms with Crippen LogP contribution in [0.5, 0.6) is 0 Å². The number of hydrogen-bond donors (Lipinski definition) is 1. The van der Waals surface area contributed by atoms with Crippen LogP contribution in [0.2, 0.25) is 0 Å². The van der Waals surface area contributed by atoms with Crippen LogP contribution in [-0.4, -0.2) is 29.8 Å². The molecule has 0 spiro atoms. The normalized spacial score (nSPS) is 14.4. The summed E-state index contributed by atoms with van der Waals surface area (Å²) in [5.41, 5.74) is 4.91. The van der Waals surface area contributed by atoms with Gasteiger partial charge in [-0.25, -0.2) is 0 Å². The largest absolute Gasteiger partial charge is 0.339 e. The smallest absolute Gasteiger partial charge is 0.253 e. The van der Waals surface area contributed by atoms with E-state index >= 15 is 0 Å². The average Bonchev–Trinajstić information content (AvgIpc) is 2.81. The molecule has 1 heterocycles. The zero-order chi connectivity index (χ0) is 20.9. The molecular weight excluding hydrogens is 372 g/mol. The first-order valence-electron chi connectivity index (χ1n) is 10.4. The number of nitrogens with one attached hydrogen (secondary N) is 1. The second kappa shape index (κ2) is 8.95. The quantitative estimate of drug-likeness (QED) is 0.660. The summed E-state index contributed by atoms with van der Waals surface area (Å²) in [6.07, 6.45) is 1.37. The Hall–Kier alpha value is -3.40. The van der Waals surface area contributed by atoms with Crippen LogP contribution in [0.3, 0.4) is 0 Å². The Kier molecular flexibility index (Phi) is 5.94. The van der Waals surface area contributed by atoms with Gasteiger partial charge in [-0.3, -0.25) is 9.59 Å². The summed E-state index contributed by atoms with van der Waals surface area (Å²) in [7, 11) is 0. The second-order valence-electron chi connectivity index (χ2n) is 7.87. The SMILES string of the molecule is Cc1ccc(NC(=O)C2CCN(C(=O)c3ccc(-c4ccccc4)cc3)CC2)cc1. The monoisotopic (exact) mass is 398 g/mol. The van der Waals surface area contributed by atoms with Gasteiger partial charge >= 0.3 is 0 Å². The van der Waals surface area contributed by atoms with Gasteiger partial charge in [-0.05, 0) is 55.2 Å². The van der Waals surface area contributed by atoms with Gasteiger partial charge in [-0.1, -0.05) is 60.2 Å². The number of aryl methyl sites for hydroxylation is 1. The third-order valence-corrected chi connectivity index (χ3v) is 5.71. The number of likely N-dealkylation sites (tertiary alicyclic amines) is 1. The van der Waals surface area contributed by atoms with E-state index < -0.39 is 0 Å². The number of amides is 2. The molecule has 0 aromatic heterocycles. The Balaban J connectivity index is 1.32. The van der Waals surface area contributed by atoms with Crippen molar-refractivity contribution in [3.05, 3.63) is 90.0 Å². The van der Waals surface area contributed by atoms with Crippen molar-refractivity contribution in [2.75, 3.05) is 18.4 Å². The van der Waals surface area contributed by atoms with E-state index in [1.807, 2.05) is 78.6 Å². The first-order chi connectivity index (χ1) is 14.6. The number of hydrogen-bond acceptors (Lipinski definition) is 2. The molecule has 3 aromatic rings. The minimum atomic E-state index is -0.0594. The third-order valence-electron chi connectivity index (χ3n) is 5.71. The topological polar surface area (TPSA) is 49.4 Å². The Labute approximate surface area is 177 Å². The van der Waals surface area contributed by atoms with Crippen molar-refractivity contribution in [2.24, 2.45) is 5.92 Å². The highest BCUT2D eigenvalue weighted by molar-refractivity contribution is 5.95. The molecular formula is C26H26N2O2. The fourth-order valence-electron chi connectivity index (χ4n) is 3.84. The highest BCUT2D eigenvalue weighted by Gasteiger charge is 2.27. The molecule has 1 aliphatic rings. The van der Waals surface area contributed by atoms with Crippen LogP contribution in [-0.2, 0) is 4.79 Å². The summed E-state index contributed by atoms with van der Waals surface area (Å²) >= 11 is 0. The summed E-state index contributed by atoms with van der Waals surface area (Å²) in [4.78, 5) is 27.3. The molecule has 152 valence electrons. The molecule has 1 N–H and O–H groups in total. The molecule has 4 nitrogen and oxygen atoms in total. The third kappa shape index (κ3) is 4.60. The molecule has 30 heavy (non-hydrogen) atoms. The highest BCUT2D eigenvalue weighted by Crippen LogP contribution is 2.23. The summed E-state index contributed by atoms with van der Waals surface area (Å²) in [6.45, 7) is 3.23. The van der Waals surface area contributed by atoms with Gasteiger partial charge in [0.1, 0.15) is 0 Å². The van der Waals surface area contributed by atoms with Gasteiger partial charge in [0.05, 0.1) is 0 Å². The highest BCUT2D eigenvalue weighted by atomic mass is 16.2. The van der Waals surface area contributed by atoms with Crippen molar-refractivity contribution in [1.29, 1.82) is 0 Å². The zero-order valence-electron chi connectivity index (χ0n) is 17.2. The minimum absolute atomic E-state index is 0.0343. The lowest BCUT2D eigenvalue weighted by molar-refractivity contribution is -0.121. The number of piperidine rings is 1. The van der Waals surface area contributed by atoms with Gasteiger partial charge in [0.2, 0.25) is 5.91 Å². The fraction of sp³-hybridized carbons (Fsp3) is 0.231. The predicted molar refractivity (Wildman–Crippen MR) is 120 cm³/mol. The molecule has 4 rings (SSSR count). The first-order valence-corrected chi connectivity index (χ1v) is 10.4. The molecule has 1 fully saturated rings. The minimum Gasteiger partial charge on any atom is -0.339 e. The average molecular weight is 399 g/mol. The Morgan fingerprint density at radius 3 is 2.03 bits per heavy atom. The molecule has 2 amide bonds. The van der Waals surface area contributed by atoms with Crippen molar-refractivity contribution in [3.63, 3.8) is 0 Å². The molecule has 3 aromatic carbocycles. The summed E-state index contributed by atoms with van der Waals surface area (Å²) < 4.78 is 0.